The molecule has 0 spiro atoms. The van der Waals surface area contributed by atoms with E-state index in [0.717, 1.165) is 18.2 Å². The van der Waals surface area contributed by atoms with E-state index in [1.807, 2.05) is 30.3 Å². The van der Waals surface area contributed by atoms with Crippen LogP contribution in [0, 0.1) is 0 Å². The van der Waals surface area contributed by atoms with E-state index in [1.165, 1.54) is 0 Å². The number of carbonyl (C=O) groups excluding carboxylic acids is 1. The summed E-state index contributed by atoms with van der Waals surface area (Å²) in [6.45, 7) is 0.377. The Morgan fingerprint density at radius 3 is 2.50 bits per heavy atom. The van der Waals surface area contributed by atoms with Crippen molar-refractivity contribution in [3.05, 3.63) is 35.9 Å². The lowest BCUT2D eigenvalue weighted by Gasteiger charge is -2.11. The molecule has 2 N–H and O–H groups in total. The highest BCUT2D eigenvalue weighted by atomic mass is 32.2. The summed E-state index contributed by atoms with van der Waals surface area (Å²) in [6, 6.07) is 8.74. The van der Waals surface area contributed by atoms with Crippen LogP contribution in [-0.2, 0) is 30.4 Å². The Kier molecular flexibility index (Phi) is 8.08. The molecule has 22 heavy (non-hydrogen) atoms. The first-order valence-corrected chi connectivity index (χ1v) is 9.00. The van der Waals surface area contributed by atoms with Crippen LogP contribution in [0.15, 0.2) is 30.3 Å². The van der Waals surface area contributed by atoms with Crippen molar-refractivity contribution in [1.29, 1.82) is 0 Å². The molecule has 6 nitrogen and oxygen atoms in total. The van der Waals surface area contributed by atoms with E-state index in [0.29, 0.717) is 19.3 Å². The van der Waals surface area contributed by atoms with Crippen LogP contribution in [0.2, 0.25) is 0 Å². The molecule has 1 atom stereocenters. The molecule has 1 rings (SSSR count). The highest BCUT2D eigenvalue weighted by Crippen LogP contribution is 2.07. The second kappa shape index (κ2) is 9.55. The lowest BCUT2D eigenvalue weighted by atomic mass is 10.1. The van der Waals surface area contributed by atoms with Gasteiger partial charge in [0.15, 0.2) is 0 Å². The van der Waals surface area contributed by atoms with Crippen LogP contribution >= 0.6 is 0 Å². The third-order valence-corrected chi connectivity index (χ3v) is 3.58. The number of nitrogens with two attached hydrogens (primary N) is 1. The van der Waals surface area contributed by atoms with E-state index in [4.69, 9.17) is 10.5 Å². The van der Waals surface area contributed by atoms with E-state index >= 15 is 0 Å². The van der Waals surface area contributed by atoms with Crippen molar-refractivity contribution >= 4 is 16.1 Å². The molecule has 0 heterocycles. The van der Waals surface area contributed by atoms with Crippen LogP contribution in [0.4, 0.5) is 0 Å². The maximum Gasteiger partial charge on any atom is 0.323 e. The molecule has 0 amide bonds. The maximum atomic E-state index is 11.7. The molecule has 0 aliphatic rings. The average molecular weight is 329 g/mol. The number of unbranched alkanes of at least 4 members (excludes halogenated alkanes) is 2. The zero-order valence-corrected chi connectivity index (χ0v) is 13.6. The Balaban J connectivity index is 2.11. The SMILES string of the molecule is CS(=O)(=O)OCCCCCC(N)C(=O)OCc1ccccc1. The van der Waals surface area contributed by atoms with Gasteiger partial charge in [-0.3, -0.25) is 8.98 Å². The fourth-order valence-corrected chi connectivity index (χ4v) is 2.23. The van der Waals surface area contributed by atoms with Gasteiger partial charge >= 0.3 is 5.97 Å². The second-order valence-electron chi connectivity index (χ2n) is 5.08. The Labute approximate surface area is 131 Å². The Bertz CT molecular complexity index is 544. The smallest absolute Gasteiger partial charge is 0.323 e. The summed E-state index contributed by atoms with van der Waals surface area (Å²) >= 11 is 0. The molecule has 0 aliphatic heterocycles. The number of hydrogen-bond donors (Lipinski definition) is 1. The van der Waals surface area contributed by atoms with Crippen LogP contribution in [0.3, 0.4) is 0 Å². The molecular formula is C15H23NO5S. The highest BCUT2D eigenvalue weighted by molar-refractivity contribution is 7.85. The summed E-state index contributed by atoms with van der Waals surface area (Å²) in [5.74, 6) is -0.420. The number of esters is 1. The maximum absolute atomic E-state index is 11.7. The van der Waals surface area contributed by atoms with Gasteiger partial charge in [0.25, 0.3) is 10.1 Å². The predicted octanol–water partition coefficient (Wildman–Crippen LogP) is 1.59. The molecule has 1 aromatic carbocycles. The summed E-state index contributed by atoms with van der Waals surface area (Å²) in [6.07, 6.45) is 3.60. The van der Waals surface area contributed by atoms with Gasteiger partial charge in [-0.25, -0.2) is 0 Å². The molecule has 7 heteroatoms. The Hall–Kier alpha value is -1.44. The third-order valence-electron chi connectivity index (χ3n) is 2.98. The number of benzene rings is 1. The fraction of sp³-hybridized carbons (Fsp3) is 0.533. The molecule has 0 aromatic heterocycles. The fourth-order valence-electron chi connectivity index (χ4n) is 1.81. The quantitative estimate of drug-likeness (QED) is 0.398. The highest BCUT2D eigenvalue weighted by Gasteiger charge is 2.14. The normalized spacial score (nSPS) is 12.8. The summed E-state index contributed by atoms with van der Waals surface area (Å²) in [5, 5.41) is 0. The minimum Gasteiger partial charge on any atom is -0.460 e. The summed E-state index contributed by atoms with van der Waals surface area (Å²) < 4.78 is 31.3. The summed E-state index contributed by atoms with van der Waals surface area (Å²) in [7, 11) is -3.37. The van der Waals surface area contributed by atoms with Gasteiger partial charge in [-0.2, -0.15) is 8.42 Å². The summed E-state index contributed by atoms with van der Waals surface area (Å²) in [4.78, 5) is 11.7. The lowest BCUT2D eigenvalue weighted by Crippen LogP contribution is -2.32. The minimum absolute atomic E-state index is 0.159. The van der Waals surface area contributed by atoms with Crippen LogP contribution in [0.5, 0.6) is 0 Å². The zero-order valence-electron chi connectivity index (χ0n) is 12.7. The number of rotatable bonds is 10. The predicted molar refractivity (Wildman–Crippen MR) is 83.5 cm³/mol. The van der Waals surface area contributed by atoms with Gasteiger partial charge in [-0.05, 0) is 18.4 Å². The van der Waals surface area contributed by atoms with Crippen LogP contribution < -0.4 is 5.73 Å². The van der Waals surface area contributed by atoms with E-state index in [9.17, 15) is 13.2 Å². The first-order valence-electron chi connectivity index (χ1n) is 7.19. The lowest BCUT2D eigenvalue weighted by molar-refractivity contribution is -0.146. The molecular weight excluding hydrogens is 306 g/mol. The first-order chi connectivity index (χ1) is 10.4. The van der Waals surface area contributed by atoms with Crippen LogP contribution in [0.1, 0.15) is 31.2 Å². The molecule has 0 fully saturated rings. The van der Waals surface area contributed by atoms with Gasteiger partial charge in [0.1, 0.15) is 12.6 Å². The molecule has 1 unspecified atom stereocenters. The first kappa shape index (κ1) is 18.6. The molecule has 1 aromatic rings. The van der Waals surface area contributed by atoms with Crippen molar-refractivity contribution in [2.45, 2.75) is 38.3 Å². The van der Waals surface area contributed by atoms with Crippen molar-refractivity contribution in [1.82, 2.24) is 0 Å². The largest absolute Gasteiger partial charge is 0.460 e. The van der Waals surface area contributed by atoms with Gasteiger partial charge in [0.05, 0.1) is 12.9 Å². The molecule has 124 valence electrons. The average Bonchev–Trinajstić information content (AvgIpc) is 2.48. The van der Waals surface area contributed by atoms with Gasteiger partial charge in [0.2, 0.25) is 0 Å². The molecule has 0 saturated heterocycles. The zero-order chi connectivity index (χ0) is 16.4. The number of carbonyl (C=O) groups is 1. The topological polar surface area (TPSA) is 95.7 Å². The van der Waals surface area contributed by atoms with Crippen molar-refractivity contribution in [2.24, 2.45) is 5.73 Å². The number of hydrogen-bond acceptors (Lipinski definition) is 6. The van der Waals surface area contributed by atoms with E-state index in [2.05, 4.69) is 4.18 Å². The molecule has 0 radical (unpaired) electrons. The van der Waals surface area contributed by atoms with Crippen molar-refractivity contribution in [3.63, 3.8) is 0 Å². The van der Waals surface area contributed by atoms with Crippen LogP contribution in [-0.4, -0.2) is 33.3 Å². The third kappa shape index (κ3) is 8.76. The van der Waals surface area contributed by atoms with Crippen molar-refractivity contribution in [2.75, 3.05) is 12.9 Å². The Morgan fingerprint density at radius 1 is 1.18 bits per heavy atom. The monoisotopic (exact) mass is 329 g/mol. The number of ether oxygens (including phenoxy) is 1. The van der Waals surface area contributed by atoms with Gasteiger partial charge in [0, 0.05) is 0 Å². The van der Waals surface area contributed by atoms with Crippen molar-refractivity contribution in [3.8, 4) is 0 Å². The van der Waals surface area contributed by atoms with Crippen molar-refractivity contribution < 1.29 is 22.1 Å². The van der Waals surface area contributed by atoms with Crippen LogP contribution in [0.25, 0.3) is 0 Å². The second-order valence-corrected chi connectivity index (χ2v) is 6.72. The standard InChI is InChI=1S/C15H23NO5S/c1-22(18,19)21-11-7-3-6-10-14(16)15(17)20-12-13-8-4-2-5-9-13/h2,4-5,8-9,14H,3,6-7,10-12,16H2,1H3. The van der Waals surface area contributed by atoms with E-state index in [-0.39, 0.29) is 13.2 Å². The van der Waals surface area contributed by atoms with Gasteiger partial charge in [-0.15, -0.1) is 0 Å². The molecule has 0 bridgehead atoms. The molecule has 0 saturated carbocycles. The van der Waals surface area contributed by atoms with E-state index < -0.39 is 22.1 Å². The van der Waals surface area contributed by atoms with Gasteiger partial charge < -0.3 is 10.5 Å². The molecule has 0 aliphatic carbocycles. The van der Waals surface area contributed by atoms with Gasteiger partial charge in [-0.1, -0.05) is 43.2 Å². The Morgan fingerprint density at radius 2 is 1.86 bits per heavy atom. The van der Waals surface area contributed by atoms with E-state index in [1.54, 1.807) is 0 Å². The minimum atomic E-state index is -3.37. The summed E-state index contributed by atoms with van der Waals surface area (Å²) in [5.41, 5.74) is 6.68.